The van der Waals surface area contributed by atoms with Crippen LogP contribution >= 0.6 is 0 Å². The summed E-state index contributed by atoms with van der Waals surface area (Å²) in [5.74, 6) is 0.113. The SMILES string of the molecule is CCC(=O)NC(C)(C)C.O=S(=O)=O. The van der Waals surface area contributed by atoms with Crippen molar-refractivity contribution >= 4 is 16.5 Å². The zero-order chi connectivity index (χ0) is 11.1. The fourth-order valence-corrected chi connectivity index (χ4v) is 0.507. The van der Waals surface area contributed by atoms with Crippen LogP contribution in [0.5, 0.6) is 0 Å². The first-order valence-corrected chi connectivity index (χ1v) is 4.76. The normalized spacial score (nSPS) is 9.54. The highest BCUT2D eigenvalue weighted by atomic mass is 32.2. The first-order valence-electron chi connectivity index (χ1n) is 3.76. The van der Waals surface area contributed by atoms with Crippen molar-refractivity contribution in [1.82, 2.24) is 5.32 Å². The lowest BCUT2D eigenvalue weighted by Gasteiger charge is -2.19. The van der Waals surface area contributed by atoms with Crippen LogP contribution in [-0.2, 0) is 15.4 Å². The zero-order valence-corrected chi connectivity index (χ0v) is 9.06. The summed E-state index contributed by atoms with van der Waals surface area (Å²) in [5.41, 5.74) is -0.0763. The molecule has 0 saturated heterocycles. The molecule has 0 aromatic rings. The minimum Gasteiger partial charge on any atom is -0.352 e. The molecule has 0 unspecified atom stereocenters. The number of rotatable bonds is 1. The summed E-state index contributed by atoms with van der Waals surface area (Å²) in [4.78, 5) is 10.7. The van der Waals surface area contributed by atoms with Crippen LogP contribution in [0.25, 0.3) is 0 Å². The van der Waals surface area contributed by atoms with Crippen molar-refractivity contribution in [2.75, 3.05) is 0 Å². The molecule has 0 fully saturated rings. The third-order valence-electron chi connectivity index (χ3n) is 0.836. The van der Waals surface area contributed by atoms with Crippen molar-refractivity contribution in [2.24, 2.45) is 0 Å². The van der Waals surface area contributed by atoms with Crippen molar-refractivity contribution in [2.45, 2.75) is 39.7 Å². The molecule has 78 valence electrons. The van der Waals surface area contributed by atoms with Crippen LogP contribution in [0, 0.1) is 0 Å². The van der Waals surface area contributed by atoms with Crippen molar-refractivity contribution in [3.8, 4) is 0 Å². The second kappa shape index (κ2) is 6.59. The van der Waals surface area contributed by atoms with E-state index in [2.05, 4.69) is 5.32 Å². The summed E-state index contributed by atoms with van der Waals surface area (Å²) in [6.45, 7) is 7.77. The number of hydrogen-bond donors (Lipinski definition) is 1. The Hall–Kier alpha value is -0.910. The molecular weight excluding hydrogens is 194 g/mol. The molecule has 6 heteroatoms. The monoisotopic (exact) mass is 209 g/mol. The van der Waals surface area contributed by atoms with Gasteiger partial charge in [-0.15, -0.1) is 12.6 Å². The Balaban J connectivity index is 0. The van der Waals surface area contributed by atoms with Crippen LogP contribution in [0.4, 0.5) is 0 Å². The molecule has 0 spiro atoms. The van der Waals surface area contributed by atoms with Gasteiger partial charge in [0.15, 0.2) is 0 Å². The van der Waals surface area contributed by atoms with Gasteiger partial charge in [0.2, 0.25) is 5.91 Å². The van der Waals surface area contributed by atoms with Gasteiger partial charge in [0.25, 0.3) is 0 Å². The molecular formula is C7H15NO4S. The minimum absolute atomic E-state index is 0.0763. The number of carbonyl (C=O) groups excluding carboxylic acids is 1. The van der Waals surface area contributed by atoms with E-state index in [4.69, 9.17) is 12.6 Å². The molecule has 1 amide bonds. The van der Waals surface area contributed by atoms with E-state index in [0.29, 0.717) is 6.42 Å². The minimum atomic E-state index is -3.11. The highest BCUT2D eigenvalue weighted by Crippen LogP contribution is 1.98. The summed E-state index contributed by atoms with van der Waals surface area (Å²) >= 11 is 0. The van der Waals surface area contributed by atoms with E-state index >= 15 is 0 Å². The number of carbonyl (C=O) groups is 1. The molecule has 0 atom stereocenters. The van der Waals surface area contributed by atoms with Crippen LogP contribution in [0.2, 0.25) is 0 Å². The van der Waals surface area contributed by atoms with E-state index < -0.39 is 10.6 Å². The van der Waals surface area contributed by atoms with Gasteiger partial charge < -0.3 is 5.32 Å². The van der Waals surface area contributed by atoms with Gasteiger partial charge in [-0.3, -0.25) is 4.79 Å². The van der Waals surface area contributed by atoms with Crippen LogP contribution in [-0.4, -0.2) is 24.1 Å². The van der Waals surface area contributed by atoms with Gasteiger partial charge >= 0.3 is 10.6 Å². The molecule has 0 rings (SSSR count). The van der Waals surface area contributed by atoms with Gasteiger partial charge in [0, 0.05) is 12.0 Å². The maximum absolute atomic E-state index is 10.7. The second-order valence-electron chi connectivity index (χ2n) is 3.36. The summed E-state index contributed by atoms with van der Waals surface area (Å²) in [6.07, 6.45) is 0.567. The smallest absolute Gasteiger partial charge is 0.352 e. The molecule has 5 nitrogen and oxygen atoms in total. The summed E-state index contributed by atoms with van der Waals surface area (Å²) in [6, 6.07) is 0. The Morgan fingerprint density at radius 1 is 1.23 bits per heavy atom. The average molecular weight is 209 g/mol. The Bertz CT molecular complexity index is 241. The fraction of sp³-hybridized carbons (Fsp3) is 0.857. The van der Waals surface area contributed by atoms with Crippen molar-refractivity contribution < 1.29 is 17.4 Å². The van der Waals surface area contributed by atoms with E-state index in [-0.39, 0.29) is 11.4 Å². The van der Waals surface area contributed by atoms with Crippen molar-refractivity contribution in [3.63, 3.8) is 0 Å². The molecule has 0 aliphatic rings. The Labute approximate surface area is 79.6 Å². The molecule has 0 aliphatic heterocycles. The maximum Gasteiger partial charge on any atom is 0.425 e. The molecule has 13 heavy (non-hydrogen) atoms. The van der Waals surface area contributed by atoms with Crippen LogP contribution in [0.1, 0.15) is 34.1 Å². The van der Waals surface area contributed by atoms with Crippen LogP contribution in [0.3, 0.4) is 0 Å². The molecule has 0 aliphatic carbocycles. The van der Waals surface area contributed by atoms with Gasteiger partial charge in [-0.25, -0.2) is 0 Å². The molecule has 0 aromatic carbocycles. The Morgan fingerprint density at radius 3 is 1.62 bits per heavy atom. The van der Waals surface area contributed by atoms with E-state index in [0.717, 1.165) is 0 Å². The van der Waals surface area contributed by atoms with Gasteiger partial charge in [0.1, 0.15) is 0 Å². The summed E-state index contributed by atoms with van der Waals surface area (Å²) in [5, 5.41) is 2.83. The van der Waals surface area contributed by atoms with Gasteiger partial charge in [-0.05, 0) is 20.8 Å². The molecule has 1 N–H and O–H groups in total. The van der Waals surface area contributed by atoms with E-state index in [1.54, 1.807) is 0 Å². The van der Waals surface area contributed by atoms with Gasteiger partial charge in [-0.1, -0.05) is 6.92 Å². The summed E-state index contributed by atoms with van der Waals surface area (Å²) < 4.78 is 25.3. The second-order valence-corrected chi connectivity index (χ2v) is 3.76. The molecule has 0 saturated carbocycles. The number of nitrogens with one attached hydrogen (secondary N) is 1. The molecule has 0 radical (unpaired) electrons. The number of amides is 1. The topological polar surface area (TPSA) is 80.3 Å². The average Bonchev–Trinajstić information content (AvgIpc) is 1.82. The Kier molecular flexibility index (Phi) is 7.40. The first-order chi connectivity index (χ1) is 5.69. The van der Waals surface area contributed by atoms with Gasteiger partial charge in [-0.2, -0.15) is 0 Å². The van der Waals surface area contributed by atoms with E-state index in [9.17, 15) is 4.79 Å². The predicted molar refractivity (Wildman–Crippen MR) is 47.9 cm³/mol. The summed E-state index contributed by atoms with van der Waals surface area (Å²) in [7, 11) is -3.11. The highest BCUT2D eigenvalue weighted by molar-refractivity contribution is 7.59. The van der Waals surface area contributed by atoms with E-state index in [1.807, 2.05) is 27.7 Å². The van der Waals surface area contributed by atoms with Crippen molar-refractivity contribution in [1.29, 1.82) is 0 Å². The van der Waals surface area contributed by atoms with Crippen LogP contribution < -0.4 is 5.32 Å². The third kappa shape index (κ3) is 24.7. The lowest BCUT2D eigenvalue weighted by atomic mass is 10.1. The third-order valence-corrected chi connectivity index (χ3v) is 0.836. The highest BCUT2D eigenvalue weighted by Gasteiger charge is 2.10. The quantitative estimate of drug-likeness (QED) is 0.673. The lowest BCUT2D eigenvalue weighted by molar-refractivity contribution is -0.122. The Morgan fingerprint density at radius 2 is 1.54 bits per heavy atom. The molecule has 0 aromatic heterocycles. The van der Waals surface area contributed by atoms with Crippen LogP contribution in [0.15, 0.2) is 0 Å². The standard InChI is InChI=1S/C7H15NO.O3S/c1-5-6(9)8-7(2,3)4;1-4(2)3/h5H2,1-4H3,(H,8,9);. The predicted octanol–water partition coefficient (Wildman–Crippen LogP) is 0.307. The van der Waals surface area contributed by atoms with E-state index in [1.165, 1.54) is 0 Å². The fourth-order valence-electron chi connectivity index (χ4n) is 0.507. The zero-order valence-electron chi connectivity index (χ0n) is 8.25. The maximum atomic E-state index is 10.7. The molecule has 0 heterocycles. The first kappa shape index (κ1) is 14.6. The van der Waals surface area contributed by atoms with Gasteiger partial charge in [0.05, 0.1) is 0 Å². The molecule has 0 bridgehead atoms. The largest absolute Gasteiger partial charge is 0.425 e. The lowest BCUT2D eigenvalue weighted by Crippen LogP contribution is -2.40. The number of hydrogen-bond acceptors (Lipinski definition) is 4. The van der Waals surface area contributed by atoms with Crippen molar-refractivity contribution in [3.05, 3.63) is 0 Å².